The Morgan fingerprint density at radius 3 is 2.89 bits per heavy atom. The number of hydrogen-bond donors (Lipinski definition) is 1. The summed E-state index contributed by atoms with van der Waals surface area (Å²) in [5.74, 6) is -0.327. The molecular formula is C14H16ClFN2S. The first-order chi connectivity index (χ1) is 9.11. The molecule has 0 spiro atoms. The molecule has 1 heterocycles. The van der Waals surface area contributed by atoms with Crippen LogP contribution in [0.25, 0.3) is 10.6 Å². The average Bonchev–Trinajstić information content (AvgIpc) is 2.71. The monoisotopic (exact) mass is 298 g/mol. The maximum atomic E-state index is 13.0. The molecule has 1 aromatic carbocycles. The van der Waals surface area contributed by atoms with Gasteiger partial charge in [-0.25, -0.2) is 9.37 Å². The molecular weight excluding hydrogens is 283 g/mol. The molecule has 0 bridgehead atoms. The minimum Gasteiger partial charge on any atom is -0.312 e. The van der Waals surface area contributed by atoms with E-state index >= 15 is 0 Å². The smallest absolute Gasteiger partial charge is 0.125 e. The number of hydrogen-bond acceptors (Lipinski definition) is 3. The largest absolute Gasteiger partial charge is 0.312 e. The van der Waals surface area contributed by atoms with Crippen LogP contribution in [0, 0.1) is 12.7 Å². The van der Waals surface area contributed by atoms with Crippen molar-refractivity contribution in [1.82, 2.24) is 10.3 Å². The van der Waals surface area contributed by atoms with Crippen LogP contribution in [-0.2, 0) is 6.54 Å². The maximum Gasteiger partial charge on any atom is 0.125 e. The van der Waals surface area contributed by atoms with Gasteiger partial charge in [0.2, 0.25) is 0 Å². The molecule has 0 saturated heterocycles. The molecule has 102 valence electrons. The Kier molecular flexibility index (Phi) is 4.91. The Hall–Kier alpha value is -0.970. The molecule has 0 radical (unpaired) electrons. The highest BCUT2D eigenvalue weighted by molar-refractivity contribution is 7.15. The molecule has 0 unspecified atom stereocenters. The first-order valence-electron chi connectivity index (χ1n) is 6.24. The van der Waals surface area contributed by atoms with Crippen molar-refractivity contribution < 1.29 is 4.39 Å². The third kappa shape index (κ3) is 3.53. The van der Waals surface area contributed by atoms with Crippen molar-refractivity contribution in [3.05, 3.63) is 39.6 Å². The molecule has 0 atom stereocenters. The summed E-state index contributed by atoms with van der Waals surface area (Å²) in [6.07, 6.45) is 1.11. The van der Waals surface area contributed by atoms with E-state index in [4.69, 9.17) is 11.6 Å². The van der Waals surface area contributed by atoms with E-state index < -0.39 is 0 Å². The Morgan fingerprint density at radius 2 is 2.21 bits per heavy atom. The van der Waals surface area contributed by atoms with Crippen LogP contribution in [0.5, 0.6) is 0 Å². The molecule has 0 amide bonds. The van der Waals surface area contributed by atoms with Crippen LogP contribution in [0.1, 0.15) is 23.9 Å². The van der Waals surface area contributed by atoms with Gasteiger partial charge in [0.25, 0.3) is 0 Å². The summed E-state index contributed by atoms with van der Waals surface area (Å²) in [5, 5.41) is 4.61. The van der Waals surface area contributed by atoms with Crippen LogP contribution >= 0.6 is 22.9 Å². The van der Waals surface area contributed by atoms with E-state index in [1.54, 1.807) is 17.4 Å². The molecule has 2 rings (SSSR count). The van der Waals surface area contributed by atoms with Gasteiger partial charge in [0.1, 0.15) is 10.8 Å². The number of aryl methyl sites for hydroxylation is 1. The highest BCUT2D eigenvalue weighted by Gasteiger charge is 2.12. The van der Waals surface area contributed by atoms with Gasteiger partial charge >= 0.3 is 0 Å². The van der Waals surface area contributed by atoms with E-state index in [0.717, 1.165) is 35.8 Å². The Morgan fingerprint density at radius 1 is 1.42 bits per heavy atom. The molecule has 2 aromatic rings. The zero-order valence-corrected chi connectivity index (χ0v) is 12.5. The van der Waals surface area contributed by atoms with Crippen molar-refractivity contribution in [3.8, 4) is 10.6 Å². The lowest BCUT2D eigenvalue weighted by Gasteiger charge is -2.00. The van der Waals surface area contributed by atoms with Gasteiger partial charge in [0, 0.05) is 17.0 Å². The zero-order valence-electron chi connectivity index (χ0n) is 11.0. The standard InChI is InChI=1S/C14H16ClFN2S/c1-3-6-17-8-13-9(2)18-14(19-13)11-5-4-10(16)7-12(11)15/h4-5,7,17H,3,6,8H2,1-2H3. The van der Waals surface area contributed by atoms with Gasteiger partial charge in [-0.15, -0.1) is 11.3 Å². The second kappa shape index (κ2) is 6.46. The SMILES string of the molecule is CCCNCc1sc(-c2ccc(F)cc2Cl)nc1C. The lowest BCUT2D eigenvalue weighted by Crippen LogP contribution is -2.13. The molecule has 2 nitrogen and oxygen atoms in total. The van der Waals surface area contributed by atoms with Gasteiger partial charge in [-0.2, -0.15) is 0 Å². The topological polar surface area (TPSA) is 24.9 Å². The van der Waals surface area contributed by atoms with Crippen LogP contribution in [-0.4, -0.2) is 11.5 Å². The van der Waals surface area contributed by atoms with E-state index in [0.29, 0.717) is 5.02 Å². The predicted octanol–water partition coefficient (Wildman–Crippen LogP) is 4.41. The number of thiazole rings is 1. The van der Waals surface area contributed by atoms with Gasteiger partial charge in [0.05, 0.1) is 10.7 Å². The van der Waals surface area contributed by atoms with Crippen LogP contribution in [0.3, 0.4) is 0 Å². The fraction of sp³-hybridized carbons (Fsp3) is 0.357. The van der Waals surface area contributed by atoms with E-state index in [1.165, 1.54) is 17.0 Å². The van der Waals surface area contributed by atoms with Gasteiger partial charge in [-0.1, -0.05) is 18.5 Å². The van der Waals surface area contributed by atoms with Crippen molar-refractivity contribution in [1.29, 1.82) is 0 Å². The van der Waals surface area contributed by atoms with Crippen molar-refractivity contribution in [3.63, 3.8) is 0 Å². The van der Waals surface area contributed by atoms with Gasteiger partial charge in [-0.3, -0.25) is 0 Å². The summed E-state index contributed by atoms with van der Waals surface area (Å²) in [5.41, 5.74) is 1.79. The van der Waals surface area contributed by atoms with Crippen molar-refractivity contribution in [2.24, 2.45) is 0 Å². The Balaban J connectivity index is 2.23. The van der Waals surface area contributed by atoms with Gasteiger partial charge in [-0.05, 0) is 38.1 Å². The van der Waals surface area contributed by atoms with Crippen LogP contribution in [0.15, 0.2) is 18.2 Å². The molecule has 0 aliphatic carbocycles. The van der Waals surface area contributed by atoms with E-state index in [-0.39, 0.29) is 5.82 Å². The highest BCUT2D eigenvalue weighted by atomic mass is 35.5. The summed E-state index contributed by atoms with van der Waals surface area (Å²) in [6, 6.07) is 4.41. The minimum absolute atomic E-state index is 0.327. The van der Waals surface area contributed by atoms with E-state index in [9.17, 15) is 4.39 Å². The number of nitrogens with one attached hydrogen (secondary N) is 1. The van der Waals surface area contributed by atoms with E-state index in [2.05, 4.69) is 17.2 Å². The zero-order chi connectivity index (χ0) is 13.8. The lowest BCUT2D eigenvalue weighted by atomic mass is 10.2. The summed E-state index contributed by atoms with van der Waals surface area (Å²) in [6.45, 7) is 5.93. The number of nitrogens with zero attached hydrogens (tertiary/aromatic N) is 1. The van der Waals surface area contributed by atoms with Crippen molar-refractivity contribution >= 4 is 22.9 Å². The molecule has 0 saturated carbocycles. The van der Waals surface area contributed by atoms with Crippen LogP contribution < -0.4 is 5.32 Å². The first-order valence-corrected chi connectivity index (χ1v) is 7.43. The normalized spacial score (nSPS) is 10.9. The molecule has 0 fully saturated rings. The molecule has 1 aromatic heterocycles. The van der Waals surface area contributed by atoms with Gasteiger partial charge in [0.15, 0.2) is 0 Å². The molecule has 5 heteroatoms. The van der Waals surface area contributed by atoms with Crippen molar-refractivity contribution in [2.75, 3.05) is 6.54 Å². The first kappa shape index (κ1) is 14.4. The minimum atomic E-state index is -0.327. The second-order valence-electron chi connectivity index (χ2n) is 4.33. The van der Waals surface area contributed by atoms with E-state index in [1.807, 2.05) is 6.92 Å². The molecule has 19 heavy (non-hydrogen) atoms. The third-order valence-electron chi connectivity index (χ3n) is 2.77. The molecule has 1 N–H and O–H groups in total. The summed E-state index contributed by atoms with van der Waals surface area (Å²) in [4.78, 5) is 5.72. The van der Waals surface area contributed by atoms with Crippen molar-refractivity contribution in [2.45, 2.75) is 26.8 Å². The number of rotatable bonds is 5. The van der Waals surface area contributed by atoms with Crippen LogP contribution in [0.4, 0.5) is 4.39 Å². The highest BCUT2D eigenvalue weighted by Crippen LogP contribution is 2.33. The fourth-order valence-electron chi connectivity index (χ4n) is 1.75. The Bertz CT molecular complexity index is 569. The summed E-state index contributed by atoms with van der Waals surface area (Å²) < 4.78 is 13.0. The second-order valence-corrected chi connectivity index (χ2v) is 5.82. The Labute approximate surface area is 121 Å². The summed E-state index contributed by atoms with van der Waals surface area (Å²) >= 11 is 7.67. The lowest BCUT2D eigenvalue weighted by molar-refractivity contribution is 0.628. The predicted molar refractivity (Wildman–Crippen MR) is 79.3 cm³/mol. The summed E-state index contributed by atoms with van der Waals surface area (Å²) in [7, 11) is 0. The number of benzene rings is 1. The average molecular weight is 299 g/mol. The number of aromatic nitrogens is 1. The molecule has 0 aliphatic rings. The molecule has 0 aliphatic heterocycles. The van der Waals surface area contributed by atoms with Gasteiger partial charge < -0.3 is 5.32 Å². The van der Waals surface area contributed by atoms with Crippen LogP contribution in [0.2, 0.25) is 5.02 Å². The quantitative estimate of drug-likeness (QED) is 0.827. The number of halogens is 2. The maximum absolute atomic E-state index is 13.0. The third-order valence-corrected chi connectivity index (χ3v) is 4.27. The fourth-order valence-corrected chi connectivity index (χ4v) is 3.13.